The zero-order valence-electron chi connectivity index (χ0n) is 15.3. The largest absolute Gasteiger partial charge is 0.444 e. The Morgan fingerprint density at radius 3 is 2.37 bits per heavy atom. The number of rotatable bonds is 6. The van der Waals surface area contributed by atoms with Crippen LogP contribution < -0.4 is 4.72 Å². The highest BCUT2D eigenvalue weighted by atomic mass is 79.9. The van der Waals surface area contributed by atoms with Crippen LogP contribution in [0.3, 0.4) is 0 Å². The van der Waals surface area contributed by atoms with E-state index in [1.54, 1.807) is 48.7 Å². The van der Waals surface area contributed by atoms with Crippen molar-refractivity contribution in [2.75, 3.05) is 4.72 Å². The molecule has 0 saturated carbocycles. The Balaban J connectivity index is 1.66. The minimum Gasteiger partial charge on any atom is -0.444 e. The summed E-state index contributed by atoms with van der Waals surface area (Å²) >= 11 is 3.33. The second-order valence-corrected chi connectivity index (χ2v) is 8.85. The van der Waals surface area contributed by atoms with Crippen molar-refractivity contribution >= 4 is 37.4 Å². The maximum absolute atomic E-state index is 12.9. The molecule has 0 aliphatic carbocycles. The van der Waals surface area contributed by atoms with Gasteiger partial charge in [-0.3, -0.25) is 14.5 Å². The quantitative estimate of drug-likeness (QED) is 0.404. The standard InChI is InChI=1S/C21H14BrN3O4S/c22-16-3-6-19(18(11-16)21(26)15-7-9-23-10-8-15)25-30(27,28)17-4-1-14(2-5-17)20-12-24-13-29-20/h1-13,25H. The molecule has 0 bridgehead atoms. The average molecular weight is 484 g/mol. The van der Waals surface area contributed by atoms with Crippen molar-refractivity contribution in [3.05, 3.63) is 95.2 Å². The first kappa shape index (κ1) is 20.0. The second kappa shape index (κ2) is 8.21. The topological polar surface area (TPSA) is 102 Å². The summed E-state index contributed by atoms with van der Waals surface area (Å²) in [6.07, 6.45) is 5.85. The number of aromatic nitrogens is 2. The van der Waals surface area contributed by atoms with Crippen LogP contribution in [0.5, 0.6) is 0 Å². The van der Waals surface area contributed by atoms with Gasteiger partial charge in [0.2, 0.25) is 0 Å². The van der Waals surface area contributed by atoms with E-state index in [4.69, 9.17) is 4.42 Å². The maximum atomic E-state index is 12.9. The molecule has 2 aromatic heterocycles. The molecule has 0 spiro atoms. The summed E-state index contributed by atoms with van der Waals surface area (Å²) in [6, 6.07) is 14.1. The molecule has 0 aliphatic rings. The normalized spacial score (nSPS) is 11.2. The smallest absolute Gasteiger partial charge is 0.261 e. The number of ketones is 1. The highest BCUT2D eigenvalue weighted by Gasteiger charge is 2.20. The van der Waals surface area contributed by atoms with E-state index in [-0.39, 0.29) is 21.9 Å². The molecule has 4 rings (SSSR count). The summed E-state index contributed by atoms with van der Waals surface area (Å²) in [5.41, 5.74) is 1.50. The first-order chi connectivity index (χ1) is 14.4. The van der Waals surface area contributed by atoms with Gasteiger partial charge in [0.1, 0.15) is 0 Å². The number of hydrogen-bond acceptors (Lipinski definition) is 6. The predicted octanol–water partition coefficient (Wildman–Crippen LogP) is 4.53. The molecule has 30 heavy (non-hydrogen) atoms. The van der Waals surface area contributed by atoms with Crippen molar-refractivity contribution < 1.29 is 17.6 Å². The van der Waals surface area contributed by atoms with Gasteiger partial charge in [-0.15, -0.1) is 0 Å². The predicted molar refractivity (Wildman–Crippen MR) is 115 cm³/mol. The number of hydrogen-bond donors (Lipinski definition) is 1. The molecule has 9 heteroatoms. The van der Waals surface area contributed by atoms with E-state index >= 15 is 0 Å². The Bertz CT molecular complexity index is 1290. The first-order valence-electron chi connectivity index (χ1n) is 8.70. The van der Waals surface area contributed by atoms with Crippen LogP contribution in [0, 0.1) is 0 Å². The van der Waals surface area contributed by atoms with E-state index in [9.17, 15) is 13.2 Å². The molecule has 0 atom stereocenters. The Hall–Kier alpha value is -3.30. The number of sulfonamides is 1. The Morgan fingerprint density at radius 1 is 0.967 bits per heavy atom. The molecular weight excluding hydrogens is 470 g/mol. The number of pyridine rings is 1. The SMILES string of the molecule is O=C(c1ccncc1)c1cc(Br)ccc1NS(=O)(=O)c1ccc(-c2cnco2)cc1. The number of halogens is 1. The van der Waals surface area contributed by atoms with E-state index < -0.39 is 10.0 Å². The second-order valence-electron chi connectivity index (χ2n) is 6.25. The van der Waals surface area contributed by atoms with Gasteiger partial charge in [-0.25, -0.2) is 13.4 Å². The summed E-state index contributed by atoms with van der Waals surface area (Å²) in [4.78, 5) is 20.7. The maximum Gasteiger partial charge on any atom is 0.261 e. The Labute approximate surface area is 181 Å². The monoisotopic (exact) mass is 483 g/mol. The molecule has 0 fully saturated rings. The molecule has 2 aromatic carbocycles. The van der Waals surface area contributed by atoms with Gasteiger partial charge in [0, 0.05) is 33.6 Å². The van der Waals surface area contributed by atoms with Crippen molar-refractivity contribution in [3.8, 4) is 11.3 Å². The number of carbonyl (C=O) groups is 1. The lowest BCUT2D eigenvalue weighted by molar-refractivity contribution is 0.103. The van der Waals surface area contributed by atoms with E-state index in [2.05, 4.69) is 30.6 Å². The van der Waals surface area contributed by atoms with Crippen molar-refractivity contribution in [2.45, 2.75) is 4.90 Å². The summed E-state index contributed by atoms with van der Waals surface area (Å²) in [6.45, 7) is 0. The molecule has 0 radical (unpaired) electrons. The third-order valence-corrected chi connectivity index (χ3v) is 6.17. The molecule has 0 aliphatic heterocycles. The van der Waals surface area contributed by atoms with Crippen molar-refractivity contribution in [1.82, 2.24) is 9.97 Å². The number of anilines is 1. The van der Waals surface area contributed by atoms with Crippen LogP contribution in [-0.2, 0) is 10.0 Å². The van der Waals surface area contributed by atoms with Crippen LogP contribution in [0.4, 0.5) is 5.69 Å². The number of nitrogens with zero attached hydrogens (tertiary/aromatic N) is 2. The molecule has 0 saturated heterocycles. The fraction of sp³-hybridized carbons (Fsp3) is 0. The van der Waals surface area contributed by atoms with Crippen molar-refractivity contribution in [1.29, 1.82) is 0 Å². The number of oxazole rings is 1. The molecule has 150 valence electrons. The lowest BCUT2D eigenvalue weighted by Gasteiger charge is -2.13. The number of benzene rings is 2. The van der Waals surface area contributed by atoms with Crippen molar-refractivity contribution in [3.63, 3.8) is 0 Å². The zero-order chi connectivity index (χ0) is 21.1. The van der Waals surface area contributed by atoms with Crippen LogP contribution in [-0.4, -0.2) is 24.2 Å². The first-order valence-corrected chi connectivity index (χ1v) is 11.0. The zero-order valence-corrected chi connectivity index (χ0v) is 17.7. The summed E-state index contributed by atoms with van der Waals surface area (Å²) in [5, 5.41) is 0. The molecule has 2 heterocycles. The molecule has 0 unspecified atom stereocenters. The minimum absolute atomic E-state index is 0.0518. The average Bonchev–Trinajstić information content (AvgIpc) is 3.30. The van der Waals surface area contributed by atoms with E-state index in [0.717, 1.165) is 0 Å². The third-order valence-electron chi connectivity index (χ3n) is 4.29. The van der Waals surface area contributed by atoms with Gasteiger partial charge in [-0.1, -0.05) is 15.9 Å². The van der Waals surface area contributed by atoms with Crippen molar-refractivity contribution in [2.24, 2.45) is 0 Å². The lowest BCUT2D eigenvalue weighted by Crippen LogP contribution is -2.16. The summed E-state index contributed by atoms with van der Waals surface area (Å²) in [7, 11) is -3.93. The van der Waals surface area contributed by atoms with E-state index in [0.29, 0.717) is 21.4 Å². The molecule has 4 aromatic rings. The highest BCUT2D eigenvalue weighted by Crippen LogP contribution is 2.27. The van der Waals surface area contributed by atoms with Gasteiger partial charge in [0.05, 0.1) is 16.8 Å². The van der Waals surface area contributed by atoms with E-state index in [1.807, 2.05) is 0 Å². The minimum atomic E-state index is -3.93. The van der Waals surface area contributed by atoms with Crippen LogP contribution in [0.15, 0.2) is 93.4 Å². The number of nitrogens with one attached hydrogen (secondary N) is 1. The number of carbonyl (C=O) groups excluding carboxylic acids is 1. The fourth-order valence-electron chi connectivity index (χ4n) is 2.81. The Kier molecular flexibility index (Phi) is 5.47. The van der Waals surface area contributed by atoms with Gasteiger partial charge in [-0.2, -0.15) is 0 Å². The van der Waals surface area contributed by atoms with E-state index in [1.165, 1.54) is 30.9 Å². The highest BCUT2D eigenvalue weighted by molar-refractivity contribution is 9.10. The van der Waals surface area contributed by atoms with Gasteiger partial charge >= 0.3 is 0 Å². The van der Waals surface area contributed by atoms with Gasteiger partial charge in [0.25, 0.3) is 10.0 Å². The fourth-order valence-corrected chi connectivity index (χ4v) is 4.25. The summed E-state index contributed by atoms with van der Waals surface area (Å²) < 4.78 is 34.2. The van der Waals surface area contributed by atoms with Gasteiger partial charge < -0.3 is 4.42 Å². The molecule has 1 N–H and O–H groups in total. The van der Waals surface area contributed by atoms with Crippen LogP contribution in [0.25, 0.3) is 11.3 Å². The van der Waals surface area contributed by atoms with Gasteiger partial charge in [-0.05, 0) is 54.6 Å². The molecule has 7 nitrogen and oxygen atoms in total. The molecular formula is C21H14BrN3O4S. The Morgan fingerprint density at radius 2 is 1.70 bits per heavy atom. The third kappa shape index (κ3) is 4.17. The summed E-state index contributed by atoms with van der Waals surface area (Å²) in [5.74, 6) is 0.210. The lowest BCUT2D eigenvalue weighted by atomic mass is 10.0. The van der Waals surface area contributed by atoms with Gasteiger partial charge in [0.15, 0.2) is 17.9 Å². The van der Waals surface area contributed by atoms with Crippen LogP contribution in [0.2, 0.25) is 0 Å². The van der Waals surface area contributed by atoms with Crippen LogP contribution in [0.1, 0.15) is 15.9 Å². The molecule has 0 amide bonds. The van der Waals surface area contributed by atoms with Crippen LogP contribution >= 0.6 is 15.9 Å².